The average molecular weight is 976 g/mol. The molecule has 3 aliphatic heterocycles. The fraction of sp³-hybridized carbons (Fsp3) is 0.400. The van der Waals surface area contributed by atoms with Gasteiger partial charge in [-0.2, -0.15) is 0 Å². The molecule has 0 spiro atoms. The van der Waals surface area contributed by atoms with Crippen LogP contribution < -0.4 is 31.7 Å². The van der Waals surface area contributed by atoms with Crippen molar-refractivity contribution in [2.24, 2.45) is 4.99 Å². The lowest BCUT2D eigenvalue weighted by molar-refractivity contribution is 0.670. The molecule has 2 N–H and O–H groups in total. The predicted octanol–water partition coefficient (Wildman–Crippen LogP) is 14.8. The summed E-state index contributed by atoms with van der Waals surface area (Å²) >= 11 is 7.74. The van der Waals surface area contributed by atoms with E-state index in [1.807, 2.05) is 45.3 Å². The highest BCUT2D eigenvalue weighted by Gasteiger charge is 2.29. The van der Waals surface area contributed by atoms with Crippen LogP contribution in [0.3, 0.4) is 0 Å². The first-order valence-corrected chi connectivity index (χ1v) is 29.3. The van der Waals surface area contributed by atoms with E-state index < -0.39 is 0 Å². The molecule has 0 saturated heterocycles. The van der Waals surface area contributed by atoms with Gasteiger partial charge in [-0.15, -0.1) is 39.4 Å². The number of nitrogens with zero attached hydrogens (tertiary/aromatic N) is 2. The number of hydrogen-bond donors (Lipinski definition) is 2. The maximum Gasteiger partial charge on any atom is 0.139 e. The van der Waals surface area contributed by atoms with Gasteiger partial charge in [0.15, 0.2) is 0 Å². The number of nitrogens with one attached hydrogen (secondary N) is 2. The number of aryl methyl sites for hydroxylation is 4. The van der Waals surface area contributed by atoms with Crippen LogP contribution >= 0.6 is 45.3 Å². The molecular weight excluding hydrogens is 905 g/mol. The minimum Gasteiger partial charge on any atom is -0.611 e. The fourth-order valence-corrected chi connectivity index (χ4v) is 13.8. The van der Waals surface area contributed by atoms with Crippen LogP contribution in [0.4, 0.5) is 0 Å². The van der Waals surface area contributed by atoms with Gasteiger partial charge in [0.25, 0.3) is 0 Å². The Morgan fingerprint density at radius 3 is 1.66 bits per heavy atom. The number of rotatable bonds is 24. The van der Waals surface area contributed by atoms with Crippen LogP contribution in [0.25, 0.3) is 55.6 Å². The Balaban J connectivity index is 1.19. The minimum absolute atomic E-state index is 0.972. The van der Waals surface area contributed by atoms with Gasteiger partial charge >= 0.3 is 0 Å². The molecule has 0 aromatic carbocycles. The van der Waals surface area contributed by atoms with Gasteiger partial charge in [0.2, 0.25) is 0 Å². The molecule has 9 rings (SSSR count). The maximum atomic E-state index is 5.48. The van der Waals surface area contributed by atoms with Crippen LogP contribution in [0.5, 0.6) is 0 Å². The Bertz CT molecular complexity index is 3030. The lowest BCUT2D eigenvalue weighted by Gasteiger charge is -2.01. The second-order valence-electron chi connectivity index (χ2n) is 18.9. The van der Waals surface area contributed by atoms with Gasteiger partial charge in [0, 0.05) is 56.7 Å². The number of hydrogen-bond acceptors (Lipinski definition) is 6. The minimum atomic E-state index is 0.972. The number of aromatic nitrogens is 2. The molecule has 3 aliphatic rings. The van der Waals surface area contributed by atoms with Crippen LogP contribution in [-0.2, 0) is 25.7 Å². The molecule has 0 atom stereocenters. The number of allylic oxidation sites excluding steroid dienone is 3. The zero-order valence-corrected chi connectivity index (χ0v) is 44.2. The molecule has 8 bridgehead atoms. The van der Waals surface area contributed by atoms with Crippen molar-refractivity contribution in [1.82, 2.24) is 15.3 Å². The number of H-pyrrole nitrogens is 1. The SMILES string of the molecule is CCCCCCc1ccc(C2=CC3=c4cc(-c5ccc(CCCCCC)s5)c([nH]4)=CC=c4[n-]c(cc4-c4ccc(CCCCCC)s4)=C4[CH+]C(c5ccc(CCCCCC)s5)=C(C=CC2=N3)N4)s1. The molecule has 68 heavy (non-hydrogen) atoms. The zero-order chi connectivity index (χ0) is 46.7. The van der Waals surface area contributed by atoms with Gasteiger partial charge in [-0.1, -0.05) is 122 Å². The lowest BCUT2D eigenvalue weighted by Crippen LogP contribution is -2.21. The first kappa shape index (κ1) is 48.4. The zero-order valence-electron chi connectivity index (χ0n) is 40.9. The van der Waals surface area contributed by atoms with Crippen LogP contribution in [0.15, 0.2) is 89.6 Å². The Morgan fingerprint density at radius 1 is 0.544 bits per heavy atom. The summed E-state index contributed by atoms with van der Waals surface area (Å²) in [6, 6.07) is 23.4. The van der Waals surface area contributed by atoms with Crippen molar-refractivity contribution in [3.05, 3.63) is 142 Å². The van der Waals surface area contributed by atoms with Gasteiger partial charge < -0.3 is 9.97 Å². The first-order valence-electron chi connectivity index (χ1n) is 26.0. The van der Waals surface area contributed by atoms with E-state index in [2.05, 4.69) is 135 Å². The van der Waals surface area contributed by atoms with Crippen molar-refractivity contribution in [2.45, 2.75) is 156 Å². The van der Waals surface area contributed by atoms with Gasteiger partial charge in [-0.3, -0.25) is 5.32 Å². The topological polar surface area (TPSA) is 54.3 Å². The highest BCUT2D eigenvalue weighted by atomic mass is 32.1. The smallest absolute Gasteiger partial charge is 0.139 e. The highest BCUT2D eigenvalue weighted by molar-refractivity contribution is 7.16. The Kier molecular flexibility index (Phi) is 17.0. The van der Waals surface area contributed by atoms with Gasteiger partial charge in [0.05, 0.1) is 23.2 Å². The molecular formula is C60H70N4S4. The van der Waals surface area contributed by atoms with E-state index in [-0.39, 0.29) is 0 Å². The monoisotopic (exact) mass is 974 g/mol. The summed E-state index contributed by atoms with van der Waals surface area (Å²) in [6.45, 7) is 9.15. The Labute approximate surface area is 421 Å². The molecule has 0 aliphatic carbocycles. The first-order chi connectivity index (χ1) is 33.5. The summed E-state index contributed by atoms with van der Waals surface area (Å²) in [4.78, 5) is 25.8. The van der Waals surface area contributed by atoms with Crippen molar-refractivity contribution < 1.29 is 0 Å². The normalized spacial score (nSPS) is 14.4. The van der Waals surface area contributed by atoms with Gasteiger partial charge in [-0.25, -0.2) is 4.99 Å². The van der Waals surface area contributed by atoms with E-state index in [1.165, 1.54) is 164 Å². The summed E-state index contributed by atoms with van der Waals surface area (Å²) in [7, 11) is 0. The maximum absolute atomic E-state index is 5.48. The Morgan fingerprint density at radius 2 is 1.07 bits per heavy atom. The van der Waals surface area contributed by atoms with E-state index in [4.69, 9.17) is 9.98 Å². The molecule has 0 amide bonds. The third kappa shape index (κ3) is 11.9. The molecule has 9 heterocycles. The lowest BCUT2D eigenvalue weighted by atomic mass is 10.1. The largest absolute Gasteiger partial charge is 0.611 e. The molecule has 0 unspecified atom stereocenters. The van der Waals surface area contributed by atoms with E-state index in [0.717, 1.165) is 69.9 Å². The van der Waals surface area contributed by atoms with Crippen molar-refractivity contribution in [3.8, 4) is 20.9 Å². The summed E-state index contributed by atoms with van der Waals surface area (Å²) in [6.07, 6.45) is 38.6. The summed E-state index contributed by atoms with van der Waals surface area (Å²) in [5.41, 5.74) is 8.91. The predicted molar refractivity (Wildman–Crippen MR) is 300 cm³/mol. The second-order valence-corrected chi connectivity index (χ2v) is 23.5. The van der Waals surface area contributed by atoms with Crippen molar-refractivity contribution in [3.63, 3.8) is 0 Å². The molecule has 354 valence electrons. The molecule has 0 radical (unpaired) electrons. The van der Waals surface area contributed by atoms with E-state index in [1.54, 1.807) is 0 Å². The average Bonchev–Trinajstić information content (AvgIpc) is 4.19. The fourth-order valence-electron chi connectivity index (χ4n) is 9.54. The second kappa shape index (κ2) is 23.8. The van der Waals surface area contributed by atoms with E-state index in [0.29, 0.717) is 0 Å². The van der Waals surface area contributed by atoms with Crippen LogP contribution in [0, 0.1) is 6.42 Å². The number of aliphatic imine (C=N–C) groups is 1. The number of unbranched alkanes of at least 4 members (excludes halogenated alkanes) is 12. The molecule has 6 aromatic rings. The number of aromatic amines is 1. The third-order valence-electron chi connectivity index (χ3n) is 13.5. The summed E-state index contributed by atoms with van der Waals surface area (Å²) < 4.78 is 0. The molecule has 4 nitrogen and oxygen atoms in total. The van der Waals surface area contributed by atoms with E-state index >= 15 is 0 Å². The Hall–Kier alpha value is -4.60. The van der Waals surface area contributed by atoms with Crippen LogP contribution in [-0.4, -0.2) is 10.7 Å². The third-order valence-corrected chi connectivity index (χ3v) is 18.2. The number of thiophene rings is 4. The quantitative estimate of drug-likeness (QED) is 0.0469. The van der Waals surface area contributed by atoms with Gasteiger partial charge in [-0.05, 0) is 141 Å². The summed E-state index contributed by atoms with van der Waals surface area (Å²) in [5, 5.41) is 8.00. The number of fused-ring (bicyclic) bond motifs is 7. The molecule has 8 heteroatoms. The van der Waals surface area contributed by atoms with Crippen molar-refractivity contribution in [2.75, 3.05) is 0 Å². The molecule has 0 fully saturated rings. The standard InChI is InChI=1S/C60H70N4S4/c1-5-9-13-17-21-41-25-33-57(65-41)45-37-53-54-38-46(58-34-26-42(66-58)22-18-14-10-6-2)51(62-54)31-32-52-48(60-36-28-44(68-60)24-20-16-12-8-4)40-56(64-52)55-39-47(50(63-55)30-29-49(45)61-53)59-35-27-43(67-59)23-19-15-11-7-3/h25-40,61,64H,5-24H2,1-4H3. The highest BCUT2D eigenvalue weighted by Crippen LogP contribution is 2.37. The van der Waals surface area contributed by atoms with Crippen molar-refractivity contribution in [1.29, 1.82) is 0 Å². The van der Waals surface area contributed by atoms with Crippen molar-refractivity contribution >= 4 is 85.8 Å². The van der Waals surface area contributed by atoms with Crippen LogP contribution in [0.1, 0.15) is 160 Å². The van der Waals surface area contributed by atoms with Gasteiger partial charge in [0.1, 0.15) is 21.8 Å². The van der Waals surface area contributed by atoms with Crippen LogP contribution in [0.2, 0.25) is 0 Å². The molecule has 6 aromatic heterocycles. The van der Waals surface area contributed by atoms with E-state index in [9.17, 15) is 0 Å². The molecule has 0 saturated carbocycles. The summed E-state index contributed by atoms with van der Waals surface area (Å²) in [5.74, 6) is 0.